The highest BCUT2D eigenvalue weighted by Crippen LogP contribution is 2.19. The predicted octanol–water partition coefficient (Wildman–Crippen LogP) is -0.135. The highest BCUT2D eigenvalue weighted by Gasteiger charge is 2.26. The van der Waals surface area contributed by atoms with E-state index in [0.29, 0.717) is 0 Å². The molecule has 4 N–H and O–H groups in total. The van der Waals surface area contributed by atoms with Gasteiger partial charge < -0.3 is 11.5 Å². The number of carbonyl (C=O) groups excluding carboxylic acids is 2. The maximum Gasteiger partial charge on any atom is 0.220 e. The van der Waals surface area contributed by atoms with E-state index in [1.807, 2.05) is 0 Å². The van der Waals surface area contributed by atoms with Crippen molar-refractivity contribution < 1.29 is 9.59 Å². The first-order chi connectivity index (χ1) is 5.37. The normalized spacial score (nSPS) is 17.9. The van der Waals surface area contributed by atoms with E-state index in [1.165, 1.54) is 0 Å². The molecule has 0 rings (SSSR count). The molecule has 0 bridgehead atoms. The molecule has 12 heavy (non-hydrogen) atoms. The molecule has 0 aromatic rings. The van der Waals surface area contributed by atoms with Crippen LogP contribution in [0, 0.1) is 17.8 Å². The van der Waals surface area contributed by atoms with Crippen LogP contribution in [-0.4, -0.2) is 11.8 Å². The zero-order chi connectivity index (χ0) is 9.89. The Morgan fingerprint density at radius 2 is 1.17 bits per heavy atom. The Labute approximate surface area is 72.3 Å². The third-order valence-electron chi connectivity index (χ3n) is 2.47. The quantitative estimate of drug-likeness (QED) is 0.618. The monoisotopic (exact) mass is 172 g/mol. The summed E-state index contributed by atoms with van der Waals surface area (Å²) in [6.07, 6.45) is 0. The lowest BCUT2D eigenvalue weighted by atomic mass is 9.84. The topological polar surface area (TPSA) is 86.2 Å². The van der Waals surface area contributed by atoms with Gasteiger partial charge in [0.25, 0.3) is 0 Å². The summed E-state index contributed by atoms with van der Waals surface area (Å²) in [5.41, 5.74) is 10.2. The van der Waals surface area contributed by atoms with Crippen LogP contribution in [0.4, 0.5) is 0 Å². The summed E-state index contributed by atoms with van der Waals surface area (Å²) < 4.78 is 0. The van der Waals surface area contributed by atoms with Crippen molar-refractivity contribution in [1.82, 2.24) is 0 Å². The van der Waals surface area contributed by atoms with E-state index in [4.69, 9.17) is 11.5 Å². The number of nitrogens with two attached hydrogens (primary N) is 2. The summed E-state index contributed by atoms with van der Waals surface area (Å²) in [5.74, 6) is -1.51. The molecule has 2 unspecified atom stereocenters. The average Bonchev–Trinajstić information content (AvgIpc) is 2.00. The molecule has 0 saturated carbocycles. The molecule has 2 amide bonds. The van der Waals surface area contributed by atoms with Gasteiger partial charge in [-0.25, -0.2) is 0 Å². The molecule has 0 aromatic heterocycles. The molecule has 2 atom stereocenters. The van der Waals surface area contributed by atoms with Crippen LogP contribution >= 0.6 is 0 Å². The highest BCUT2D eigenvalue weighted by atomic mass is 16.1. The van der Waals surface area contributed by atoms with Gasteiger partial charge in [-0.1, -0.05) is 20.8 Å². The largest absolute Gasteiger partial charge is 0.369 e. The maximum absolute atomic E-state index is 10.7. The van der Waals surface area contributed by atoms with Gasteiger partial charge in [-0.15, -0.1) is 0 Å². The van der Waals surface area contributed by atoms with Crippen LogP contribution in [0.25, 0.3) is 0 Å². The van der Waals surface area contributed by atoms with Crippen LogP contribution in [0.5, 0.6) is 0 Å². The van der Waals surface area contributed by atoms with E-state index < -0.39 is 11.8 Å². The number of hydrogen-bond donors (Lipinski definition) is 2. The summed E-state index contributed by atoms with van der Waals surface area (Å²) in [4.78, 5) is 21.5. The Bertz CT molecular complexity index is 171. The first kappa shape index (κ1) is 10.9. The van der Waals surface area contributed by atoms with Gasteiger partial charge >= 0.3 is 0 Å². The third kappa shape index (κ3) is 2.53. The summed E-state index contributed by atoms with van der Waals surface area (Å²) in [7, 11) is 0. The zero-order valence-electron chi connectivity index (χ0n) is 7.70. The van der Waals surface area contributed by atoms with Crippen molar-refractivity contribution in [3.63, 3.8) is 0 Å². The predicted molar refractivity (Wildman–Crippen MR) is 45.9 cm³/mol. The van der Waals surface area contributed by atoms with Gasteiger partial charge in [0, 0.05) is 11.8 Å². The van der Waals surface area contributed by atoms with Gasteiger partial charge in [0.2, 0.25) is 11.8 Å². The van der Waals surface area contributed by atoms with Crippen molar-refractivity contribution in [2.75, 3.05) is 0 Å². The van der Waals surface area contributed by atoms with E-state index in [9.17, 15) is 9.59 Å². The molecule has 0 radical (unpaired) electrons. The number of rotatable bonds is 4. The molecule has 0 heterocycles. The lowest BCUT2D eigenvalue weighted by Crippen LogP contribution is -2.35. The number of primary amides is 2. The van der Waals surface area contributed by atoms with Gasteiger partial charge in [-0.2, -0.15) is 0 Å². The Morgan fingerprint density at radius 3 is 1.33 bits per heavy atom. The molecule has 0 fully saturated rings. The molecule has 0 saturated heterocycles. The third-order valence-corrected chi connectivity index (χ3v) is 2.47. The lowest BCUT2D eigenvalue weighted by molar-refractivity contribution is -0.126. The van der Waals surface area contributed by atoms with Gasteiger partial charge in [-0.05, 0) is 5.92 Å². The van der Waals surface area contributed by atoms with Crippen molar-refractivity contribution in [3.8, 4) is 0 Å². The first-order valence-corrected chi connectivity index (χ1v) is 3.96. The molecule has 0 aromatic carbocycles. The zero-order valence-corrected chi connectivity index (χ0v) is 7.70. The molecule has 4 nitrogen and oxygen atoms in total. The van der Waals surface area contributed by atoms with E-state index >= 15 is 0 Å². The van der Waals surface area contributed by atoms with Crippen LogP contribution < -0.4 is 11.5 Å². The Hall–Kier alpha value is -1.06. The van der Waals surface area contributed by atoms with E-state index in [1.54, 1.807) is 20.8 Å². The van der Waals surface area contributed by atoms with Crippen molar-refractivity contribution in [2.24, 2.45) is 29.2 Å². The second kappa shape index (κ2) is 4.09. The summed E-state index contributed by atoms with van der Waals surface area (Å²) in [5, 5.41) is 0. The van der Waals surface area contributed by atoms with Crippen molar-refractivity contribution in [2.45, 2.75) is 20.8 Å². The van der Waals surface area contributed by atoms with Crippen LogP contribution in [-0.2, 0) is 9.59 Å². The Balaban J connectivity index is 4.28. The molecule has 0 aliphatic heterocycles. The number of hydrogen-bond acceptors (Lipinski definition) is 2. The lowest BCUT2D eigenvalue weighted by Gasteiger charge is -2.20. The standard InChI is InChI=1S/C8H16N2O2/c1-4(5(2)7(9)11)6(3)8(10)12/h4-6H,1-3H3,(H2,9,11)(H2,10,12). The molecule has 4 heteroatoms. The highest BCUT2D eigenvalue weighted by molar-refractivity contribution is 5.80. The number of carbonyl (C=O) groups is 2. The van der Waals surface area contributed by atoms with Crippen LogP contribution in [0.15, 0.2) is 0 Å². The van der Waals surface area contributed by atoms with E-state index in [2.05, 4.69) is 0 Å². The van der Waals surface area contributed by atoms with Crippen LogP contribution in [0.2, 0.25) is 0 Å². The fraction of sp³-hybridized carbons (Fsp3) is 0.750. The minimum atomic E-state index is -0.393. The van der Waals surface area contributed by atoms with Crippen molar-refractivity contribution >= 4 is 11.8 Å². The molecular weight excluding hydrogens is 156 g/mol. The van der Waals surface area contributed by atoms with Crippen molar-refractivity contribution in [3.05, 3.63) is 0 Å². The second-order valence-electron chi connectivity index (χ2n) is 3.24. The maximum atomic E-state index is 10.7. The van der Waals surface area contributed by atoms with Gasteiger partial charge in [0.05, 0.1) is 0 Å². The molecule has 0 aliphatic rings. The van der Waals surface area contributed by atoms with Crippen LogP contribution in [0.3, 0.4) is 0 Å². The SMILES string of the molecule is CC(C(N)=O)C(C)C(C)C(N)=O. The van der Waals surface area contributed by atoms with E-state index in [0.717, 1.165) is 0 Å². The molecule has 0 aliphatic carbocycles. The minimum absolute atomic E-state index is 0.0972. The van der Waals surface area contributed by atoms with Gasteiger partial charge in [0.1, 0.15) is 0 Å². The fourth-order valence-electron chi connectivity index (χ4n) is 0.951. The second-order valence-corrected chi connectivity index (χ2v) is 3.24. The molecule has 0 spiro atoms. The Kier molecular flexibility index (Phi) is 3.73. The average molecular weight is 172 g/mol. The first-order valence-electron chi connectivity index (χ1n) is 3.96. The van der Waals surface area contributed by atoms with Crippen molar-refractivity contribution in [1.29, 1.82) is 0 Å². The summed E-state index contributed by atoms with van der Waals surface area (Å²) >= 11 is 0. The van der Waals surface area contributed by atoms with Crippen LogP contribution in [0.1, 0.15) is 20.8 Å². The molecule has 70 valence electrons. The van der Waals surface area contributed by atoms with E-state index in [-0.39, 0.29) is 17.8 Å². The minimum Gasteiger partial charge on any atom is -0.369 e. The summed E-state index contributed by atoms with van der Waals surface area (Å²) in [6, 6.07) is 0. The molecular formula is C8H16N2O2. The Morgan fingerprint density at radius 1 is 0.917 bits per heavy atom. The van der Waals surface area contributed by atoms with Gasteiger partial charge in [0.15, 0.2) is 0 Å². The number of amides is 2. The van der Waals surface area contributed by atoms with Gasteiger partial charge in [-0.3, -0.25) is 9.59 Å². The fourth-order valence-corrected chi connectivity index (χ4v) is 0.951. The summed E-state index contributed by atoms with van der Waals surface area (Å²) in [6.45, 7) is 5.20. The smallest absolute Gasteiger partial charge is 0.220 e.